The van der Waals surface area contributed by atoms with Crippen LogP contribution < -0.4 is 11.1 Å². The Morgan fingerprint density at radius 1 is 1.73 bits per heavy atom. The van der Waals surface area contributed by atoms with Gasteiger partial charge in [-0.15, -0.1) is 0 Å². The average molecular weight is 276 g/mol. The molecule has 84 valence electrons. The Labute approximate surface area is 96.8 Å². The van der Waals surface area contributed by atoms with Crippen molar-refractivity contribution in [3.05, 3.63) is 16.7 Å². The number of pyridine rings is 1. The van der Waals surface area contributed by atoms with E-state index in [0.29, 0.717) is 24.7 Å². The summed E-state index contributed by atoms with van der Waals surface area (Å²) in [6.45, 7) is 0.670. The summed E-state index contributed by atoms with van der Waals surface area (Å²) < 4.78 is 5.57. The summed E-state index contributed by atoms with van der Waals surface area (Å²) in [6.07, 6.45) is 0.997. The van der Waals surface area contributed by atoms with E-state index in [4.69, 9.17) is 10.5 Å². The third-order valence-corrected chi connectivity index (χ3v) is 2.33. The van der Waals surface area contributed by atoms with Crippen LogP contribution in [-0.2, 0) is 4.74 Å². The van der Waals surface area contributed by atoms with Gasteiger partial charge in [0.2, 0.25) is 0 Å². The minimum absolute atomic E-state index is 0.291. The first-order valence-electron chi connectivity index (χ1n) is 4.45. The highest BCUT2D eigenvalue weighted by atomic mass is 79.9. The van der Waals surface area contributed by atoms with E-state index in [2.05, 4.69) is 26.2 Å². The summed E-state index contributed by atoms with van der Waals surface area (Å²) in [5.74, 6) is 0.652. The Morgan fingerprint density at radius 2 is 2.47 bits per heavy atom. The molecule has 0 aliphatic carbocycles. The number of nitrogens with two attached hydrogens (primary N) is 1. The molecule has 1 heterocycles. The third kappa shape index (κ3) is 4.03. The van der Waals surface area contributed by atoms with Crippen molar-refractivity contribution in [3.63, 3.8) is 0 Å². The number of hydrogen-bond acceptors (Lipinski definition) is 5. The van der Waals surface area contributed by atoms with Crippen LogP contribution in [0.5, 0.6) is 0 Å². The van der Waals surface area contributed by atoms with Gasteiger partial charge in [0, 0.05) is 13.7 Å². The molecule has 1 unspecified atom stereocenters. The molecule has 1 atom stereocenters. The molecule has 6 heteroatoms. The van der Waals surface area contributed by atoms with Gasteiger partial charge >= 0.3 is 0 Å². The fourth-order valence-electron chi connectivity index (χ4n) is 1.05. The van der Waals surface area contributed by atoms with Crippen LogP contribution in [0.1, 0.15) is 0 Å². The van der Waals surface area contributed by atoms with Crippen LogP contribution >= 0.6 is 15.9 Å². The Bertz CT molecular complexity index is 322. The zero-order valence-corrected chi connectivity index (χ0v) is 9.99. The highest BCUT2D eigenvalue weighted by Gasteiger charge is 2.05. The summed E-state index contributed by atoms with van der Waals surface area (Å²) in [5, 5.41) is 12.4. The van der Waals surface area contributed by atoms with Gasteiger partial charge in [0.25, 0.3) is 0 Å². The van der Waals surface area contributed by atoms with Crippen molar-refractivity contribution in [3.8, 4) is 0 Å². The molecule has 0 aliphatic heterocycles. The predicted octanol–water partition coefficient (Wildman–Crippen LogP) is 0.845. The van der Waals surface area contributed by atoms with E-state index < -0.39 is 6.10 Å². The second-order valence-electron chi connectivity index (χ2n) is 3.09. The second kappa shape index (κ2) is 5.89. The standard InChI is InChI=1S/C9H14BrN3O2/c1-15-5-7(14)4-13-9-8(10)2-6(11)3-12-9/h2-3,7,14H,4-5,11H2,1H3,(H,12,13). The van der Waals surface area contributed by atoms with Crippen LogP contribution in [0, 0.1) is 0 Å². The van der Waals surface area contributed by atoms with Crippen LogP contribution in [-0.4, -0.2) is 36.5 Å². The maximum Gasteiger partial charge on any atom is 0.140 e. The van der Waals surface area contributed by atoms with Gasteiger partial charge in [-0.05, 0) is 22.0 Å². The first-order chi connectivity index (χ1) is 7.13. The zero-order chi connectivity index (χ0) is 11.3. The van der Waals surface area contributed by atoms with Crippen LogP contribution in [0.3, 0.4) is 0 Å². The van der Waals surface area contributed by atoms with E-state index in [1.165, 1.54) is 0 Å². The molecular weight excluding hydrogens is 262 g/mol. The molecule has 0 aliphatic rings. The number of aliphatic hydroxyl groups is 1. The summed E-state index contributed by atoms with van der Waals surface area (Å²) in [4.78, 5) is 4.07. The Morgan fingerprint density at radius 3 is 3.07 bits per heavy atom. The minimum atomic E-state index is -0.554. The van der Waals surface area contributed by atoms with Gasteiger partial charge in [-0.3, -0.25) is 0 Å². The summed E-state index contributed by atoms with van der Waals surface area (Å²) in [5.41, 5.74) is 6.13. The Hall–Kier alpha value is -0.850. The number of methoxy groups -OCH3 is 1. The van der Waals surface area contributed by atoms with E-state index >= 15 is 0 Å². The number of rotatable bonds is 5. The minimum Gasteiger partial charge on any atom is -0.397 e. The van der Waals surface area contributed by atoms with Crippen LogP contribution in [0.25, 0.3) is 0 Å². The van der Waals surface area contributed by atoms with Crippen LogP contribution in [0.15, 0.2) is 16.7 Å². The maximum absolute atomic E-state index is 9.40. The van der Waals surface area contributed by atoms with Gasteiger partial charge in [-0.1, -0.05) is 0 Å². The molecule has 0 saturated heterocycles. The molecule has 0 bridgehead atoms. The topological polar surface area (TPSA) is 80.4 Å². The highest BCUT2D eigenvalue weighted by molar-refractivity contribution is 9.10. The molecule has 1 rings (SSSR count). The number of aromatic nitrogens is 1. The van der Waals surface area contributed by atoms with Gasteiger partial charge in [-0.2, -0.15) is 0 Å². The van der Waals surface area contributed by atoms with Crippen molar-refractivity contribution in [2.75, 3.05) is 31.3 Å². The Kier molecular flexibility index (Phi) is 4.80. The quantitative estimate of drug-likeness (QED) is 0.742. The number of halogens is 1. The second-order valence-corrected chi connectivity index (χ2v) is 3.94. The normalized spacial score (nSPS) is 12.5. The third-order valence-electron chi connectivity index (χ3n) is 1.73. The van der Waals surface area contributed by atoms with Crippen molar-refractivity contribution in [2.45, 2.75) is 6.10 Å². The van der Waals surface area contributed by atoms with Crippen molar-refractivity contribution in [1.29, 1.82) is 0 Å². The molecule has 1 aromatic rings. The first kappa shape index (κ1) is 12.2. The fourth-order valence-corrected chi connectivity index (χ4v) is 1.56. The predicted molar refractivity (Wildman–Crippen MR) is 62.7 cm³/mol. The van der Waals surface area contributed by atoms with E-state index in [0.717, 1.165) is 4.47 Å². The smallest absolute Gasteiger partial charge is 0.140 e. The SMILES string of the molecule is COCC(O)CNc1ncc(N)cc1Br. The molecular formula is C9H14BrN3O2. The molecule has 0 radical (unpaired) electrons. The van der Waals surface area contributed by atoms with Gasteiger partial charge in [-0.25, -0.2) is 4.98 Å². The molecule has 0 fully saturated rings. The highest BCUT2D eigenvalue weighted by Crippen LogP contribution is 2.21. The molecule has 15 heavy (non-hydrogen) atoms. The number of anilines is 2. The zero-order valence-electron chi connectivity index (χ0n) is 8.40. The van der Waals surface area contributed by atoms with Gasteiger partial charge in [0.05, 0.1) is 29.1 Å². The molecule has 5 nitrogen and oxygen atoms in total. The lowest BCUT2D eigenvalue weighted by Crippen LogP contribution is -2.24. The average Bonchev–Trinajstić information content (AvgIpc) is 2.17. The fraction of sp³-hybridized carbons (Fsp3) is 0.444. The number of ether oxygens (including phenoxy) is 1. The van der Waals surface area contributed by atoms with Crippen molar-refractivity contribution < 1.29 is 9.84 Å². The van der Waals surface area contributed by atoms with Crippen molar-refractivity contribution in [2.24, 2.45) is 0 Å². The maximum atomic E-state index is 9.40. The molecule has 0 aromatic carbocycles. The molecule has 0 amide bonds. The number of nitrogen functional groups attached to an aromatic ring is 1. The summed E-state index contributed by atoms with van der Waals surface area (Å²) in [7, 11) is 1.54. The molecule has 0 saturated carbocycles. The first-order valence-corrected chi connectivity index (χ1v) is 5.24. The van der Waals surface area contributed by atoms with E-state index in [1.54, 1.807) is 19.4 Å². The monoisotopic (exact) mass is 275 g/mol. The lowest BCUT2D eigenvalue weighted by atomic mass is 10.3. The lowest BCUT2D eigenvalue weighted by molar-refractivity contribution is 0.0727. The van der Waals surface area contributed by atoms with Gasteiger partial charge in [0.1, 0.15) is 5.82 Å². The summed E-state index contributed by atoms with van der Waals surface area (Å²) >= 11 is 3.32. The van der Waals surface area contributed by atoms with Crippen LogP contribution in [0.2, 0.25) is 0 Å². The largest absolute Gasteiger partial charge is 0.397 e. The van der Waals surface area contributed by atoms with E-state index in [1.807, 2.05) is 0 Å². The van der Waals surface area contributed by atoms with E-state index in [-0.39, 0.29) is 0 Å². The van der Waals surface area contributed by atoms with Crippen LogP contribution in [0.4, 0.5) is 11.5 Å². The number of hydrogen-bond donors (Lipinski definition) is 3. The number of aliphatic hydroxyl groups excluding tert-OH is 1. The summed E-state index contributed by atoms with van der Waals surface area (Å²) in [6, 6.07) is 1.75. The lowest BCUT2D eigenvalue weighted by Gasteiger charge is -2.12. The van der Waals surface area contributed by atoms with Gasteiger partial charge < -0.3 is 20.9 Å². The Balaban J connectivity index is 2.50. The molecule has 4 N–H and O–H groups in total. The van der Waals surface area contributed by atoms with Gasteiger partial charge in [0.15, 0.2) is 0 Å². The van der Waals surface area contributed by atoms with Crippen molar-refractivity contribution >= 4 is 27.4 Å². The molecule has 0 spiro atoms. The number of nitrogens with zero attached hydrogens (tertiary/aromatic N) is 1. The number of nitrogens with one attached hydrogen (secondary N) is 1. The van der Waals surface area contributed by atoms with Crippen molar-refractivity contribution in [1.82, 2.24) is 4.98 Å². The van der Waals surface area contributed by atoms with E-state index in [9.17, 15) is 5.11 Å². The molecule has 1 aromatic heterocycles.